The van der Waals surface area contributed by atoms with Crippen molar-refractivity contribution in [1.82, 2.24) is 14.6 Å². The molecule has 0 unspecified atom stereocenters. The maximum atomic E-state index is 12.0. The van der Waals surface area contributed by atoms with Crippen molar-refractivity contribution in [2.75, 3.05) is 18.8 Å². The van der Waals surface area contributed by atoms with Crippen LogP contribution in [0.25, 0.3) is 0 Å². The molecule has 1 aliphatic heterocycles. The molecular formula is C15H23N3O3S2. The number of sulfonamides is 1. The fourth-order valence-electron chi connectivity index (χ4n) is 2.84. The Morgan fingerprint density at radius 2 is 2.22 bits per heavy atom. The summed E-state index contributed by atoms with van der Waals surface area (Å²) in [6, 6.07) is 0. The average molecular weight is 358 g/mol. The lowest BCUT2D eigenvalue weighted by molar-refractivity contribution is -0.122. The smallest absolute Gasteiger partial charge is 0.223 e. The van der Waals surface area contributed by atoms with E-state index in [4.69, 9.17) is 0 Å². The molecule has 1 amide bonds. The van der Waals surface area contributed by atoms with Gasteiger partial charge in [-0.2, -0.15) is 0 Å². The van der Waals surface area contributed by atoms with E-state index in [1.54, 1.807) is 22.6 Å². The number of aromatic nitrogens is 1. The number of hydrogen-bond acceptors (Lipinski definition) is 5. The van der Waals surface area contributed by atoms with Gasteiger partial charge in [-0.1, -0.05) is 0 Å². The van der Waals surface area contributed by atoms with Crippen LogP contribution in [0.1, 0.15) is 49.2 Å². The molecule has 1 saturated heterocycles. The summed E-state index contributed by atoms with van der Waals surface area (Å²) in [5.41, 5.74) is 0.870. The molecule has 3 rings (SSSR count). The Kier molecular flexibility index (Phi) is 5.03. The summed E-state index contributed by atoms with van der Waals surface area (Å²) in [5, 5.41) is 5.87. The highest BCUT2D eigenvalue weighted by Crippen LogP contribution is 2.31. The van der Waals surface area contributed by atoms with Crippen LogP contribution in [0.5, 0.6) is 0 Å². The number of carbonyl (C=O) groups excluding carboxylic acids is 1. The zero-order chi connectivity index (χ0) is 16.4. The second-order valence-corrected chi connectivity index (χ2v) is 9.41. The Balaban J connectivity index is 1.59. The van der Waals surface area contributed by atoms with Crippen molar-refractivity contribution in [2.45, 2.75) is 45.1 Å². The molecule has 8 heteroatoms. The fraction of sp³-hybridized carbons (Fsp3) is 0.733. The molecule has 1 saturated carbocycles. The van der Waals surface area contributed by atoms with Gasteiger partial charge in [0.2, 0.25) is 15.9 Å². The molecule has 0 spiro atoms. The van der Waals surface area contributed by atoms with E-state index in [9.17, 15) is 13.2 Å². The van der Waals surface area contributed by atoms with Crippen molar-refractivity contribution in [1.29, 1.82) is 0 Å². The second kappa shape index (κ2) is 6.86. The van der Waals surface area contributed by atoms with Gasteiger partial charge in [0.05, 0.1) is 23.0 Å². The van der Waals surface area contributed by atoms with Crippen LogP contribution in [0.2, 0.25) is 0 Å². The molecule has 1 N–H and O–H groups in total. The van der Waals surface area contributed by atoms with E-state index in [1.807, 2.05) is 5.38 Å². The number of piperidine rings is 1. The topological polar surface area (TPSA) is 79.4 Å². The first kappa shape index (κ1) is 16.9. The van der Waals surface area contributed by atoms with Crippen LogP contribution >= 0.6 is 11.3 Å². The molecule has 0 bridgehead atoms. The highest BCUT2D eigenvalue weighted by atomic mass is 32.2. The van der Waals surface area contributed by atoms with Gasteiger partial charge >= 0.3 is 0 Å². The Morgan fingerprint density at radius 1 is 1.43 bits per heavy atom. The van der Waals surface area contributed by atoms with Gasteiger partial charge in [-0.25, -0.2) is 17.7 Å². The average Bonchev–Trinajstić information content (AvgIpc) is 3.31. The largest absolute Gasteiger partial charge is 0.350 e. The summed E-state index contributed by atoms with van der Waals surface area (Å²) >= 11 is 1.57. The summed E-state index contributed by atoms with van der Waals surface area (Å²) in [7, 11) is -3.13. The van der Waals surface area contributed by atoms with Crippen LogP contribution < -0.4 is 5.32 Å². The van der Waals surface area contributed by atoms with Crippen molar-refractivity contribution >= 4 is 27.3 Å². The van der Waals surface area contributed by atoms with Crippen LogP contribution in [-0.2, 0) is 21.4 Å². The monoisotopic (exact) mass is 357 g/mol. The van der Waals surface area contributed by atoms with Gasteiger partial charge in [-0.3, -0.25) is 4.79 Å². The number of thiazole rings is 1. The summed E-state index contributed by atoms with van der Waals surface area (Å²) in [5.74, 6) is 0.649. The van der Waals surface area contributed by atoms with Crippen molar-refractivity contribution in [3.8, 4) is 0 Å². The van der Waals surface area contributed by atoms with Crippen molar-refractivity contribution < 1.29 is 13.2 Å². The predicted molar refractivity (Wildman–Crippen MR) is 89.7 cm³/mol. The van der Waals surface area contributed by atoms with Gasteiger partial charge in [0, 0.05) is 30.3 Å². The Labute approximate surface area is 141 Å². The van der Waals surface area contributed by atoms with E-state index in [1.165, 1.54) is 0 Å². The molecule has 2 heterocycles. The van der Waals surface area contributed by atoms with Gasteiger partial charge in [0.25, 0.3) is 0 Å². The number of amides is 1. The molecule has 1 aromatic heterocycles. The molecular weight excluding hydrogens is 334 g/mol. The van der Waals surface area contributed by atoms with Gasteiger partial charge < -0.3 is 5.32 Å². The minimum atomic E-state index is -3.13. The molecule has 6 nitrogen and oxygen atoms in total. The number of nitrogens with one attached hydrogen (secondary N) is 1. The zero-order valence-corrected chi connectivity index (χ0v) is 15.0. The lowest BCUT2D eigenvalue weighted by atomic mass is 10.0. The lowest BCUT2D eigenvalue weighted by Gasteiger charge is -2.30. The van der Waals surface area contributed by atoms with Crippen LogP contribution in [-0.4, -0.2) is 42.5 Å². The molecule has 23 heavy (non-hydrogen) atoms. The molecule has 1 aromatic rings. The van der Waals surface area contributed by atoms with Gasteiger partial charge in [0.1, 0.15) is 0 Å². The van der Waals surface area contributed by atoms with Gasteiger partial charge in [0.15, 0.2) is 0 Å². The standard InChI is InChI=1S/C15H23N3O3S2/c1-2-23(20,21)18-7-3-4-12(9-18)15-17-13(10-22-15)8-16-14(19)11-5-6-11/h10-12H,2-9H2,1H3,(H,16,19)/t12-/m1/s1. The Morgan fingerprint density at radius 3 is 2.91 bits per heavy atom. The minimum Gasteiger partial charge on any atom is -0.350 e. The molecule has 2 fully saturated rings. The third-order valence-electron chi connectivity index (χ3n) is 4.45. The number of carbonyl (C=O) groups is 1. The van der Waals surface area contributed by atoms with E-state index in [-0.39, 0.29) is 23.5 Å². The molecule has 1 aliphatic carbocycles. The molecule has 0 aromatic carbocycles. The number of rotatable bonds is 6. The molecule has 1 atom stereocenters. The summed E-state index contributed by atoms with van der Waals surface area (Å²) < 4.78 is 25.7. The summed E-state index contributed by atoms with van der Waals surface area (Å²) in [6.45, 7) is 3.29. The first-order valence-electron chi connectivity index (χ1n) is 8.19. The third kappa shape index (κ3) is 4.10. The van der Waals surface area contributed by atoms with Crippen LogP contribution in [0.3, 0.4) is 0 Å². The van der Waals surface area contributed by atoms with E-state index in [2.05, 4.69) is 10.3 Å². The number of hydrogen-bond donors (Lipinski definition) is 1. The molecule has 128 valence electrons. The van der Waals surface area contributed by atoms with Crippen LogP contribution in [0.15, 0.2) is 5.38 Å². The van der Waals surface area contributed by atoms with E-state index >= 15 is 0 Å². The van der Waals surface area contributed by atoms with Gasteiger partial charge in [-0.15, -0.1) is 11.3 Å². The molecule has 0 radical (unpaired) electrons. The van der Waals surface area contributed by atoms with E-state index in [0.29, 0.717) is 19.6 Å². The first-order chi connectivity index (χ1) is 11.0. The van der Waals surface area contributed by atoms with Crippen molar-refractivity contribution in [3.63, 3.8) is 0 Å². The summed E-state index contributed by atoms with van der Waals surface area (Å²) in [4.78, 5) is 16.3. The van der Waals surface area contributed by atoms with Crippen LogP contribution in [0, 0.1) is 5.92 Å². The highest BCUT2D eigenvalue weighted by Gasteiger charge is 2.31. The van der Waals surface area contributed by atoms with Gasteiger partial charge in [-0.05, 0) is 32.6 Å². The van der Waals surface area contributed by atoms with E-state index in [0.717, 1.165) is 36.4 Å². The predicted octanol–water partition coefficient (Wildman–Crippen LogP) is 1.70. The third-order valence-corrected chi connectivity index (χ3v) is 7.36. The maximum Gasteiger partial charge on any atom is 0.223 e. The molecule has 2 aliphatic rings. The second-order valence-electron chi connectivity index (χ2n) is 6.27. The Bertz CT molecular complexity index is 667. The number of nitrogens with zero attached hydrogens (tertiary/aromatic N) is 2. The highest BCUT2D eigenvalue weighted by molar-refractivity contribution is 7.89. The SMILES string of the molecule is CCS(=O)(=O)N1CCC[C@@H](c2nc(CNC(=O)C3CC3)cs2)C1. The Hall–Kier alpha value is -0.990. The first-order valence-corrected chi connectivity index (χ1v) is 10.7. The zero-order valence-electron chi connectivity index (χ0n) is 13.3. The maximum absolute atomic E-state index is 12.0. The fourth-order valence-corrected chi connectivity index (χ4v) is 4.97. The van der Waals surface area contributed by atoms with Crippen molar-refractivity contribution in [3.05, 3.63) is 16.1 Å². The van der Waals surface area contributed by atoms with Crippen LogP contribution in [0.4, 0.5) is 0 Å². The quantitative estimate of drug-likeness (QED) is 0.840. The lowest BCUT2D eigenvalue weighted by Crippen LogP contribution is -2.39. The van der Waals surface area contributed by atoms with E-state index < -0.39 is 10.0 Å². The normalized spacial score (nSPS) is 22.9. The minimum absolute atomic E-state index is 0.123. The summed E-state index contributed by atoms with van der Waals surface area (Å²) in [6.07, 6.45) is 3.84. The van der Waals surface area contributed by atoms with Crippen molar-refractivity contribution in [2.24, 2.45) is 5.92 Å².